The van der Waals surface area contributed by atoms with Crippen LogP contribution in [0.5, 0.6) is 0 Å². The number of rotatable bonds is 3. The van der Waals surface area contributed by atoms with Crippen molar-refractivity contribution in [2.75, 3.05) is 0 Å². The van der Waals surface area contributed by atoms with Crippen LogP contribution < -0.4 is 5.73 Å². The van der Waals surface area contributed by atoms with Crippen molar-refractivity contribution < 1.29 is 0 Å². The monoisotopic (exact) mass is 313 g/mol. The van der Waals surface area contributed by atoms with E-state index in [2.05, 4.69) is 31.5 Å². The van der Waals surface area contributed by atoms with E-state index in [1.54, 1.807) is 4.68 Å². The number of aryl methyl sites for hydroxylation is 1. The number of halogens is 1. The van der Waals surface area contributed by atoms with Crippen LogP contribution in [-0.4, -0.2) is 20.2 Å². The molecular weight excluding hydrogens is 302 g/mol. The summed E-state index contributed by atoms with van der Waals surface area (Å²) in [7, 11) is 1.81. The Hall–Kier alpha value is -0.920. The third-order valence-electron chi connectivity index (χ3n) is 2.26. The molecule has 1 aromatic heterocycles. The van der Waals surface area contributed by atoms with E-state index in [-0.39, 0.29) is 6.04 Å². The minimum atomic E-state index is 0.0295. The average molecular weight is 314 g/mol. The number of tetrazole rings is 1. The van der Waals surface area contributed by atoms with E-state index in [9.17, 15) is 0 Å². The lowest BCUT2D eigenvalue weighted by molar-refractivity contribution is 0.664. The lowest BCUT2D eigenvalue weighted by Gasteiger charge is -2.08. The zero-order valence-electron chi connectivity index (χ0n) is 9.46. The highest BCUT2D eigenvalue weighted by molar-refractivity contribution is 9.10. The fraction of sp³-hybridized carbons (Fsp3) is 0.300. The first-order valence-corrected chi connectivity index (χ1v) is 6.64. The highest BCUT2D eigenvalue weighted by Crippen LogP contribution is 2.33. The average Bonchev–Trinajstić information content (AvgIpc) is 2.67. The molecule has 7 heteroatoms. The first-order chi connectivity index (χ1) is 8.08. The molecule has 90 valence electrons. The Balaban J connectivity index is 2.26. The van der Waals surface area contributed by atoms with Crippen LogP contribution in [0, 0.1) is 0 Å². The fourth-order valence-corrected chi connectivity index (χ4v) is 2.66. The minimum absolute atomic E-state index is 0.0295. The second-order valence-corrected chi connectivity index (χ2v) is 5.53. The van der Waals surface area contributed by atoms with Crippen molar-refractivity contribution in [2.24, 2.45) is 12.8 Å². The van der Waals surface area contributed by atoms with E-state index < -0.39 is 0 Å². The normalized spacial score (nSPS) is 12.7. The van der Waals surface area contributed by atoms with Crippen molar-refractivity contribution in [1.82, 2.24) is 20.2 Å². The second kappa shape index (κ2) is 5.16. The van der Waals surface area contributed by atoms with E-state index >= 15 is 0 Å². The lowest BCUT2D eigenvalue weighted by Crippen LogP contribution is -2.04. The van der Waals surface area contributed by atoms with Crippen LogP contribution in [0.3, 0.4) is 0 Å². The Morgan fingerprint density at radius 1 is 1.47 bits per heavy atom. The van der Waals surface area contributed by atoms with Crippen molar-refractivity contribution in [3.8, 4) is 0 Å². The number of nitrogens with two attached hydrogens (primary N) is 1. The van der Waals surface area contributed by atoms with Crippen molar-refractivity contribution in [3.05, 3.63) is 28.2 Å². The summed E-state index contributed by atoms with van der Waals surface area (Å²) in [5.74, 6) is 0. The predicted octanol–water partition coefficient (Wildman–Crippen LogP) is 2.14. The van der Waals surface area contributed by atoms with Gasteiger partial charge >= 0.3 is 0 Å². The van der Waals surface area contributed by atoms with Gasteiger partial charge in [-0.05, 0) is 62.7 Å². The number of benzene rings is 1. The first kappa shape index (κ1) is 12.5. The quantitative estimate of drug-likeness (QED) is 0.940. The molecule has 0 aliphatic rings. The summed E-state index contributed by atoms with van der Waals surface area (Å²) in [6, 6.07) is 6.09. The summed E-state index contributed by atoms with van der Waals surface area (Å²) in [5, 5.41) is 12.1. The molecule has 0 amide bonds. The molecule has 17 heavy (non-hydrogen) atoms. The predicted molar refractivity (Wildman–Crippen MR) is 69.7 cm³/mol. The van der Waals surface area contributed by atoms with Crippen LogP contribution >= 0.6 is 27.7 Å². The molecule has 0 aliphatic heterocycles. The Kier molecular flexibility index (Phi) is 3.80. The van der Waals surface area contributed by atoms with Gasteiger partial charge in [-0.2, -0.15) is 0 Å². The van der Waals surface area contributed by atoms with E-state index in [1.807, 2.05) is 32.2 Å². The number of hydrogen-bond donors (Lipinski definition) is 1. The molecule has 2 N–H and O–H groups in total. The van der Waals surface area contributed by atoms with E-state index in [4.69, 9.17) is 5.73 Å². The number of nitrogens with zero attached hydrogens (tertiary/aromatic N) is 4. The molecule has 0 saturated carbocycles. The van der Waals surface area contributed by atoms with E-state index in [0.29, 0.717) is 0 Å². The molecule has 0 radical (unpaired) electrons. The summed E-state index contributed by atoms with van der Waals surface area (Å²) in [4.78, 5) is 1.06. The van der Waals surface area contributed by atoms with Crippen molar-refractivity contribution in [1.29, 1.82) is 0 Å². The van der Waals surface area contributed by atoms with Gasteiger partial charge in [0.25, 0.3) is 0 Å². The highest BCUT2D eigenvalue weighted by Gasteiger charge is 2.09. The van der Waals surface area contributed by atoms with Gasteiger partial charge in [-0.15, -0.1) is 5.10 Å². The molecule has 1 heterocycles. The fourth-order valence-electron chi connectivity index (χ4n) is 1.29. The maximum absolute atomic E-state index is 5.83. The Labute approximate surface area is 112 Å². The summed E-state index contributed by atoms with van der Waals surface area (Å²) in [6.07, 6.45) is 0. The molecule has 1 atom stereocenters. The van der Waals surface area contributed by atoms with Crippen molar-refractivity contribution in [2.45, 2.75) is 23.0 Å². The summed E-state index contributed by atoms with van der Waals surface area (Å²) < 4.78 is 2.64. The van der Waals surface area contributed by atoms with Crippen LogP contribution in [0.1, 0.15) is 18.5 Å². The zero-order valence-corrected chi connectivity index (χ0v) is 11.9. The molecule has 0 bridgehead atoms. The topological polar surface area (TPSA) is 69.6 Å². The molecule has 0 saturated heterocycles. The second-order valence-electron chi connectivity index (χ2n) is 3.67. The van der Waals surface area contributed by atoms with Crippen LogP contribution in [0.25, 0.3) is 0 Å². The SMILES string of the molecule is CC(N)c1ccc(Sc2nnnn2C)c(Br)c1. The van der Waals surface area contributed by atoms with E-state index in [0.717, 1.165) is 20.1 Å². The van der Waals surface area contributed by atoms with Gasteiger partial charge in [0.2, 0.25) is 5.16 Å². The Bertz CT molecular complexity index is 525. The van der Waals surface area contributed by atoms with Gasteiger partial charge in [0.1, 0.15) is 0 Å². The van der Waals surface area contributed by atoms with Crippen LogP contribution in [0.4, 0.5) is 0 Å². The van der Waals surface area contributed by atoms with Gasteiger partial charge in [-0.3, -0.25) is 0 Å². The van der Waals surface area contributed by atoms with Gasteiger partial charge in [0, 0.05) is 22.5 Å². The van der Waals surface area contributed by atoms with Gasteiger partial charge in [-0.25, -0.2) is 4.68 Å². The van der Waals surface area contributed by atoms with Gasteiger partial charge in [0.15, 0.2) is 0 Å². The van der Waals surface area contributed by atoms with Crippen LogP contribution in [0.2, 0.25) is 0 Å². The molecular formula is C10H12BrN5S. The van der Waals surface area contributed by atoms with Gasteiger partial charge in [0.05, 0.1) is 0 Å². The molecule has 0 aliphatic carbocycles. The Morgan fingerprint density at radius 3 is 2.76 bits per heavy atom. The molecule has 2 rings (SSSR count). The molecule has 0 spiro atoms. The van der Waals surface area contributed by atoms with Gasteiger partial charge < -0.3 is 5.73 Å². The third-order valence-corrected chi connectivity index (χ3v) is 4.29. The molecule has 0 fully saturated rings. The summed E-state index contributed by atoms with van der Waals surface area (Å²) in [5.41, 5.74) is 6.92. The third kappa shape index (κ3) is 2.85. The Morgan fingerprint density at radius 2 is 2.24 bits per heavy atom. The molecule has 5 nitrogen and oxygen atoms in total. The zero-order chi connectivity index (χ0) is 12.4. The van der Waals surface area contributed by atoms with Crippen molar-refractivity contribution in [3.63, 3.8) is 0 Å². The van der Waals surface area contributed by atoms with Crippen molar-refractivity contribution >= 4 is 27.7 Å². The van der Waals surface area contributed by atoms with Crippen LogP contribution in [0.15, 0.2) is 32.7 Å². The molecule has 1 aromatic carbocycles. The summed E-state index contributed by atoms with van der Waals surface area (Å²) in [6.45, 7) is 1.96. The summed E-state index contributed by atoms with van der Waals surface area (Å²) >= 11 is 5.04. The van der Waals surface area contributed by atoms with Gasteiger partial charge in [-0.1, -0.05) is 6.07 Å². The maximum atomic E-state index is 5.83. The maximum Gasteiger partial charge on any atom is 0.213 e. The smallest absolute Gasteiger partial charge is 0.213 e. The lowest BCUT2D eigenvalue weighted by atomic mass is 10.1. The molecule has 2 aromatic rings. The minimum Gasteiger partial charge on any atom is -0.324 e. The molecule has 1 unspecified atom stereocenters. The number of hydrogen-bond acceptors (Lipinski definition) is 5. The number of aromatic nitrogens is 4. The largest absolute Gasteiger partial charge is 0.324 e. The van der Waals surface area contributed by atoms with E-state index in [1.165, 1.54) is 11.8 Å². The van der Waals surface area contributed by atoms with Crippen LogP contribution in [-0.2, 0) is 7.05 Å². The highest BCUT2D eigenvalue weighted by atomic mass is 79.9. The standard InChI is InChI=1S/C10H12BrN5S/c1-6(12)7-3-4-9(8(11)5-7)17-10-13-14-15-16(10)2/h3-6H,12H2,1-2H3. The first-order valence-electron chi connectivity index (χ1n) is 5.03.